The number of benzene rings is 1. The molecular formula is C26H32N2O5S. The van der Waals surface area contributed by atoms with Gasteiger partial charge in [0.1, 0.15) is 13.2 Å². The number of amides is 1. The number of hydrogen-bond donors (Lipinski definition) is 1. The first kappa shape index (κ1) is 25.8. The third kappa shape index (κ3) is 6.84. The molecule has 0 unspecified atom stereocenters. The van der Waals surface area contributed by atoms with Gasteiger partial charge in [-0.1, -0.05) is 24.1 Å². The van der Waals surface area contributed by atoms with E-state index < -0.39 is 6.10 Å². The second-order valence-corrected chi connectivity index (χ2v) is 8.97. The van der Waals surface area contributed by atoms with E-state index in [2.05, 4.69) is 23.9 Å². The van der Waals surface area contributed by atoms with Gasteiger partial charge >= 0.3 is 0 Å². The Morgan fingerprint density at radius 1 is 1.41 bits per heavy atom. The Bertz CT molecular complexity index is 986. The van der Waals surface area contributed by atoms with Crippen molar-refractivity contribution in [3.8, 4) is 23.8 Å². The van der Waals surface area contributed by atoms with E-state index in [1.54, 1.807) is 24.5 Å². The largest absolute Gasteiger partial charge is 0.493 e. The lowest BCUT2D eigenvalue weighted by Gasteiger charge is -2.37. The smallest absolute Gasteiger partial charge is 0.237 e. The van der Waals surface area contributed by atoms with Gasteiger partial charge in [0.2, 0.25) is 5.91 Å². The third-order valence-corrected chi connectivity index (χ3v) is 6.59. The summed E-state index contributed by atoms with van der Waals surface area (Å²) >= 11 is 1.71. The summed E-state index contributed by atoms with van der Waals surface area (Å²) in [6.07, 6.45) is 6.96. The van der Waals surface area contributed by atoms with Crippen LogP contribution >= 0.6 is 11.3 Å². The normalized spacial score (nSPS) is 15.9. The first-order valence-electron chi connectivity index (χ1n) is 11.2. The van der Waals surface area contributed by atoms with Crippen LogP contribution in [0.4, 0.5) is 0 Å². The Labute approximate surface area is 205 Å². The zero-order chi connectivity index (χ0) is 24.3. The number of rotatable bonds is 13. The minimum Gasteiger partial charge on any atom is -0.493 e. The van der Waals surface area contributed by atoms with Crippen LogP contribution in [-0.2, 0) is 16.0 Å². The molecule has 7 nitrogen and oxygen atoms in total. The van der Waals surface area contributed by atoms with Gasteiger partial charge in [0.25, 0.3) is 0 Å². The molecule has 1 aromatic heterocycles. The summed E-state index contributed by atoms with van der Waals surface area (Å²) in [6.45, 7) is 5.88. The number of ether oxygens (including phenoxy) is 3. The summed E-state index contributed by atoms with van der Waals surface area (Å²) in [5, 5.41) is 12.3. The molecule has 182 valence electrons. The van der Waals surface area contributed by atoms with Crippen molar-refractivity contribution in [2.45, 2.75) is 18.6 Å². The van der Waals surface area contributed by atoms with Crippen LogP contribution in [-0.4, -0.2) is 80.0 Å². The predicted octanol–water partition coefficient (Wildman–Crippen LogP) is 2.76. The average molecular weight is 485 g/mol. The summed E-state index contributed by atoms with van der Waals surface area (Å²) in [4.78, 5) is 18.5. The minimum atomic E-state index is -0.754. The number of hydrogen-bond acceptors (Lipinski definition) is 7. The Balaban J connectivity index is 1.70. The molecule has 0 aliphatic carbocycles. The van der Waals surface area contributed by atoms with Gasteiger partial charge in [0.15, 0.2) is 11.5 Å². The molecule has 1 amide bonds. The fourth-order valence-electron chi connectivity index (χ4n) is 4.05. The molecule has 0 saturated heterocycles. The highest BCUT2D eigenvalue weighted by atomic mass is 32.1. The van der Waals surface area contributed by atoms with Crippen molar-refractivity contribution in [1.82, 2.24) is 9.80 Å². The molecule has 2 heterocycles. The second kappa shape index (κ2) is 13.2. The molecule has 1 aliphatic heterocycles. The number of thiophene rings is 1. The quantitative estimate of drug-likeness (QED) is 0.268. The van der Waals surface area contributed by atoms with Gasteiger partial charge in [-0.3, -0.25) is 9.69 Å². The van der Waals surface area contributed by atoms with Gasteiger partial charge in [-0.15, -0.1) is 24.3 Å². The summed E-state index contributed by atoms with van der Waals surface area (Å²) in [5.41, 5.74) is 1.12. The van der Waals surface area contributed by atoms with E-state index >= 15 is 0 Å². The molecule has 2 atom stereocenters. The van der Waals surface area contributed by atoms with Gasteiger partial charge in [0, 0.05) is 24.5 Å². The summed E-state index contributed by atoms with van der Waals surface area (Å²) in [7, 11) is 1.61. The van der Waals surface area contributed by atoms with Gasteiger partial charge in [-0.05, 0) is 35.6 Å². The first-order valence-corrected chi connectivity index (χ1v) is 12.1. The Kier molecular flexibility index (Phi) is 9.98. The number of carbonyl (C=O) groups excluding carboxylic acids is 1. The van der Waals surface area contributed by atoms with Crippen molar-refractivity contribution in [2.24, 2.45) is 0 Å². The monoisotopic (exact) mass is 484 g/mol. The van der Waals surface area contributed by atoms with Crippen LogP contribution in [0.1, 0.15) is 16.5 Å². The molecule has 0 radical (unpaired) electrons. The first-order chi connectivity index (χ1) is 16.6. The second-order valence-electron chi connectivity index (χ2n) is 7.97. The van der Waals surface area contributed by atoms with Crippen molar-refractivity contribution in [2.75, 3.05) is 53.1 Å². The number of aliphatic hydroxyl groups excluding tert-OH is 1. The van der Waals surface area contributed by atoms with Crippen LogP contribution in [0.5, 0.6) is 11.5 Å². The lowest BCUT2D eigenvalue weighted by molar-refractivity contribution is -0.136. The lowest BCUT2D eigenvalue weighted by atomic mass is 10.0. The van der Waals surface area contributed by atoms with Crippen molar-refractivity contribution in [1.29, 1.82) is 0 Å². The Hall–Kier alpha value is -2.83. The molecule has 1 aliphatic rings. The third-order valence-electron chi connectivity index (χ3n) is 5.59. The maximum absolute atomic E-state index is 13.4. The zero-order valence-electron chi connectivity index (χ0n) is 19.5. The molecular weight excluding hydrogens is 452 g/mol. The molecule has 0 saturated carbocycles. The SMILES string of the molecule is C#CCOC[C@@H](O)CN(CC=C)CC(=O)N1CCc2sccc2[C@@H]1COc1ccccc1OC. The van der Waals surface area contributed by atoms with E-state index in [9.17, 15) is 9.90 Å². The van der Waals surface area contributed by atoms with E-state index in [-0.39, 0.29) is 38.3 Å². The standard InChI is InChI=1S/C26H32N2O5S/c1-4-12-27(16-20(29)18-32-14-5-2)17-26(30)28-13-10-25-21(11-15-34-25)22(28)19-33-24-9-7-6-8-23(24)31-3/h2,4,6-9,11,15,20,22,29H,1,10,12-14,16-19H2,3H3/t20-,22-/m0/s1. The molecule has 3 rings (SSSR count). The molecule has 34 heavy (non-hydrogen) atoms. The van der Waals surface area contributed by atoms with E-state index in [4.69, 9.17) is 20.6 Å². The van der Waals surface area contributed by atoms with Gasteiger partial charge < -0.3 is 24.2 Å². The van der Waals surface area contributed by atoms with E-state index in [1.807, 2.05) is 34.1 Å². The highest BCUT2D eigenvalue weighted by Crippen LogP contribution is 2.35. The summed E-state index contributed by atoms with van der Waals surface area (Å²) in [5.74, 6) is 3.65. The molecule has 0 fully saturated rings. The number of carbonyl (C=O) groups is 1. The number of fused-ring (bicyclic) bond motifs is 1. The van der Waals surface area contributed by atoms with Crippen LogP contribution in [0.2, 0.25) is 0 Å². The maximum Gasteiger partial charge on any atom is 0.237 e. The minimum absolute atomic E-state index is 0.0240. The highest BCUT2D eigenvalue weighted by Gasteiger charge is 2.33. The maximum atomic E-state index is 13.4. The highest BCUT2D eigenvalue weighted by molar-refractivity contribution is 7.10. The summed E-state index contributed by atoms with van der Waals surface area (Å²) in [6, 6.07) is 9.35. The van der Waals surface area contributed by atoms with Crippen molar-refractivity contribution < 1.29 is 24.1 Å². The van der Waals surface area contributed by atoms with Crippen LogP contribution in [0.15, 0.2) is 48.4 Å². The summed E-state index contributed by atoms with van der Waals surface area (Å²) < 4.78 is 16.8. The predicted molar refractivity (Wildman–Crippen MR) is 133 cm³/mol. The average Bonchev–Trinajstić information content (AvgIpc) is 3.32. The topological polar surface area (TPSA) is 71.5 Å². The number of nitrogens with zero attached hydrogens (tertiary/aromatic N) is 2. The lowest BCUT2D eigenvalue weighted by Crippen LogP contribution is -2.48. The van der Waals surface area contributed by atoms with Crippen LogP contribution in [0.25, 0.3) is 0 Å². The van der Waals surface area contributed by atoms with Gasteiger partial charge in [0.05, 0.1) is 32.4 Å². The number of para-hydroxylation sites is 2. The molecule has 0 spiro atoms. The molecule has 0 bridgehead atoms. The van der Waals surface area contributed by atoms with Crippen molar-refractivity contribution >= 4 is 17.2 Å². The Morgan fingerprint density at radius 3 is 2.94 bits per heavy atom. The molecule has 2 aromatic rings. The van der Waals surface area contributed by atoms with Crippen molar-refractivity contribution in [3.05, 3.63) is 58.8 Å². The molecule has 1 N–H and O–H groups in total. The fourth-order valence-corrected chi connectivity index (χ4v) is 4.98. The van der Waals surface area contributed by atoms with Crippen LogP contribution in [0, 0.1) is 12.3 Å². The zero-order valence-corrected chi connectivity index (χ0v) is 20.3. The van der Waals surface area contributed by atoms with E-state index in [0.29, 0.717) is 31.2 Å². The Morgan fingerprint density at radius 2 is 2.21 bits per heavy atom. The molecule has 8 heteroatoms. The van der Waals surface area contributed by atoms with Gasteiger partial charge in [-0.2, -0.15) is 0 Å². The fraction of sp³-hybridized carbons (Fsp3) is 0.423. The number of terminal acetylenes is 1. The van der Waals surface area contributed by atoms with Crippen LogP contribution in [0.3, 0.4) is 0 Å². The van der Waals surface area contributed by atoms with E-state index in [0.717, 1.165) is 12.0 Å². The molecule has 1 aromatic carbocycles. The van der Waals surface area contributed by atoms with Crippen molar-refractivity contribution in [3.63, 3.8) is 0 Å². The van der Waals surface area contributed by atoms with Gasteiger partial charge in [-0.25, -0.2) is 0 Å². The number of aliphatic hydroxyl groups is 1. The number of methoxy groups -OCH3 is 1. The van der Waals surface area contributed by atoms with Crippen LogP contribution < -0.4 is 9.47 Å². The van der Waals surface area contributed by atoms with E-state index in [1.165, 1.54) is 4.88 Å².